The van der Waals surface area contributed by atoms with Gasteiger partial charge in [0, 0.05) is 18.6 Å². The molecule has 3 rings (SSSR count). The summed E-state index contributed by atoms with van der Waals surface area (Å²) in [4.78, 5) is 2.62. The molecule has 2 saturated heterocycles. The van der Waals surface area contributed by atoms with Crippen LogP contribution in [0.5, 0.6) is 0 Å². The summed E-state index contributed by atoms with van der Waals surface area (Å²) < 4.78 is 0. The van der Waals surface area contributed by atoms with E-state index in [-0.39, 0.29) is 0 Å². The standard InChI is InChI=1S/C17H26N2/c1-14(7-8-15-5-3-2-4-6-15)18-17-10-12-19-11-9-16(17)13-19/h2-6,14,16-18H,7-13H2,1H3. The molecule has 2 heterocycles. The van der Waals surface area contributed by atoms with E-state index in [1.54, 1.807) is 0 Å². The van der Waals surface area contributed by atoms with Crippen molar-refractivity contribution < 1.29 is 0 Å². The zero-order valence-electron chi connectivity index (χ0n) is 12.0. The summed E-state index contributed by atoms with van der Waals surface area (Å²) in [5.74, 6) is 0.910. The van der Waals surface area contributed by atoms with Crippen LogP contribution in [0.3, 0.4) is 0 Å². The second-order valence-corrected chi connectivity index (χ2v) is 6.34. The zero-order valence-corrected chi connectivity index (χ0v) is 12.0. The minimum atomic E-state index is 0.636. The highest BCUT2D eigenvalue weighted by atomic mass is 15.2. The lowest BCUT2D eigenvalue weighted by molar-refractivity contribution is 0.210. The molecule has 1 aromatic carbocycles. The van der Waals surface area contributed by atoms with Crippen LogP contribution in [0.4, 0.5) is 0 Å². The third-order valence-corrected chi connectivity index (χ3v) is 4.84. The molecule has 2 heteroatoms. The summed E-state index contributed by atoms with van der Waals surface area (Å²) in [5.41, 5.74) is 1.46. The van der Waals surface area contributed by atoms with Crippen LogP contribution >= 0.6 is 0 Å². The van der Waals surface area contributed by atoms with Crippen molar-refractivity contribution in [2.24, 2.45) is 5.92 Å². The smallest absolute Gasteiger partial charge is 0.0123 e. The van der Waals surface area contributed by atoms with Gasteiger partial charge in [0.2, 0.25) is 0 Å². The number of rotatable bonds is 5. The van der Waals surface area contributed by atoms with Gasteiger partial charge in [-0.1, -0.05) is 30.3 Å². The molecule has 1 N–H and O–H groups in total. The summed E-state index contributed by atoms with van der Waals surface area (Å²) in [5, 5.41) is 3.89. The number of aryl methyl sites for hydroxylation is 1. The minimum absolute atomic E-state index is 0.636. The molecule has 2 aliphatic rings. The molecule has 1 aromatic rings. The van der Waals surface area contributed by atoms with E-state index in [0.29, 0.717) is 6.04 Å². The summed E-state index contributed by atoms with van der Waals surface area (Å²) in [6.07, 6.45) is 5.19. The van der Waals surface area contributed by atoms with Gasteiger partial charge in [-0.15, -0.1) is 0 Å². The number of nitrogens with zero attached hydrogens (tertiary/aromatic N) is 1. The number of benzene rings is 1. The average Bonchev–Trinajstić information content (AvgIpc) is 2.84. The Labute approximate surface area is 117 Å². The van der Waals surface area contributed by atoms with Gasteiger partial charge < -0.3 is 10.2 Å². The van der Waals surface area contributed by atoms with E-state index < -0.39 is 0 Å². The molecule has 2 aliphatic heterocycles. The number of hydrogen-bond acceptors (Lipinski definition) is 2. The van der Waals surface area contributed by atoms with E-state index in [1.807, 2.05) is 0 Å². The molecular formula is C17H26N2. The fourth-order valence-electron chi connectivity index (χ4n) is 3.65. The third kappa shape index (κ3) is 3.37. The molecule has 0 amide bonds. The maximum absolute atomic E-state index is 3.89. The van der Waals surface area contributed by atoms with Gasteiger partial charge in [-0.25, -0.2) is 0 Å². The van der Waals surface area contributed by atoms with Crippen molar-refractivity contribution in [1.29, 1.82) is 0 Å². The van der Waals surface area contributed by atoms with E-state index >= 15 is 0 Å². The molecular weight excluding hydrogens is 232 g/mol. The fourth-order valence-corrected chi connectivity index (χ4v) is 3.65. The van der Waals surface area contributed by atoms with Crippen LogP contribution in [-0.4, -0.2) is 36.6 Å². The number of nitrogens with one attached hydrogen (secondary N) is 1. The van der Waals surface area contributed by atoms with Crippen LogP contribution in [0.25, 0.3) is 0 Å². The quantitative estimate of drug-likeness (QED) is 0.873. The molecule has 4 unspecified atom stereocenters. The van der Waals surface area contributed by atoms with Crippen LogP contribution in [0.1, 0.15) is 31.7 Å². The Balaban J connectivity index is 1.45. The first kappa shape index (κ1) is 13.1. The molecule has 19 heavy (non-hydrogen) atoms. The largest absolute Gasteiger partial charge is 0.311 e. The second kappa shape index (κ2) is 6.06. The van der Waals surface area contributed by atoms with Crippen molar-refractivity contribution in [1.82, 2.24) is 10.2 Å². The molecule has 0 aromatic heterocycles. The molecule has 2 bridgehead atoms. The van der Waals surface area contributed by atoms with Gasteiger partial charge in [0.1, 0.15) is 0 Å². The Kier molecular flexibility index (Phi) is 4.19. The minimum Gasteiger partial charge on any atom is -0.311 e. The Morgan fingerprint density at radius 2 is 2.00 bits per heavy atom. The van der Waals surface area contributed by atoms with Crippen LogP contribution in [0.15, 0.2) is 30.3 Å². The first-order valence-corrected chi connectivity index (χ1v) is 7.83. The lowest BCUT2D eigenvalue weighted by Crippen LogP contribution is -2.47. The summed E-state index contributed by atoms with van der Waals surface area (Å²) in [7, 11) is 0. The predicted molar refractivity (Wildman–Crippen MR) is 80.3 cm³/mol. The second-order valence-electron chi connectivity index (χ2n) is 6.34. The Morgan fingerprint density at radius 1 is 1.21 bits per heavy atom. The van der Waals surface area contributed by atoms with Gasteiger partial charge in [-0.2, -0.15) is 0 Å². The Morgan fingerprint density at radius 3 is 2.84 bits per heavy atom. The van der Waals surface area contributed by atoms with E-state index in [1.165, 1.54) is 50.9 Å². The van der Waals surface area contributed by atoms with E-state index in [4.69, 9.17) is 0 Å². The topological polar surface area (TPSA) is 15.3 Å². The van der Waals surface area contributed by atoms with E-state index in [9.17, 15) is 0 Å². The lowest BCUT2D eigenvalue weighted by Gasteiger charge is -2.33. The summed E-state index contributed by atoms with van der Waals surface area (Å²) >= 11 is 0. The van der Waals surface area contributed by atoms with Crippen molar-refractivity contribution >= 4 is 0 Å². The molecule has 0 aliphatic carbocycles. The van der Waals surface area contributed by atoms with Crippen molar-refractivity contribution in [3.8, 4) is 0 Å². The highest BCUT2D eigenvalue weighted by Crippen LogP contribution is 2.27. The molecule has 2 nitrogen and oxygen atoms in total. The fraction of sp³-hybridized carbons (Fsp3) is 0.647. The van der Waals surface area contributed by atoms with Crippen molar-refractivity contribution in [2.75, 3.05) is 19.6 Å². The first-order valence-electron chi connectivity index (χ1n) is 7.83. The Bertz CT molecular complexity index is 390. The molecule has 104 valence electrons. The first-order chi connectivity index (χ1) is 9.31. The number of hydrogen-bond donors (Lipinski definition) is 1. The SMILES string of the molecule is CC(CCc1ccccc1)NC1CCN2CCC1C2. The highest BCUT2D eigenvalue weighted by Gasteiger charge is 2.34. The molecule has 0 radical (unpaired) electrons. The molecule has 0 saturated carbocycles. The van der Waals surface area contributed by atoms with E-state index in [2.05, 4.69) is 47.5 Å². The molecule has 4 atom stereocenters. The van der Waals surface area contributed by atoms with Crippen molar-refractivity contribution in [3.63, 3.8) is 0 Å². The predicted octanol–water partition coefficient (Wildman–Crippen LogP) is 2.69. The van der Waals surface area contributed by atoms with Gasteiger partial charge in [0.05, 0.1) is 0 Å². The van der Waals surface area contributed by atoms with Crippen LogP contribution in [-0.2, 0) is 6.42 Å². The van der Waals surface area contributed by atoms with Crippen LogP contribution < -0.4 is 5.32 Å². The van der Waals surface area contributed by atoms with E-state index in [0.717, 1.165) is 12.0 Å². The zero-order chi connectivity index (χ0) is 13.1. The maximum atomic E-state index is 3.89. The van der Waals surface area contributed by atoms with Crippen LogP contribution in [0.2, 0.25) is 0 Å². The summed E-state index contributed by atoms with van der Waals surface area (Å²) in [6.45, 7) is 6.33. The van der Waals surface area contributed by atoms with Gasteiger partial charge in [0.15, 0.2) is 0 Å². The molecule has 0 spiro atoms. The third-order valence-electron chi connectivity index (χ3n) is 4.84. The highest BCUT2D eigenvalue weighted by molar-refractivity contribution is 5.14. The summed E-state index contributed by atoms with van der Waals surface area (Å²) in [6, 6.07) is 12.3. The average molecular weight is 258 g/mol. The van der Waals surface area contributed by atoms with Crippen LogP contribution in [0, 0.1) is 5.92 Å². The maximum Gasteiger partial charge on any atom is 0.0123 e. The Hall–Kier alpha value is -0.860. The normalized spacial score (nSPS) is 31.3. The lowest BCUT2D eigenvalue weighted by atomic mass is 9.93. The van der Waals surface area contributed by atoms with Gasteiger partial charge in [-0.05, 0) is 57.2 Å². The van der Waals surface area contributed by atoms with Crippen molar-refractivity contribution in [3.05, 3.63) is 35.9 Å². The number of fused-ring (bicyclic) bond motifs is 2. The molecule has 2 fully saturated rings. The van der Waals surface area contributed by atoms with Gasteiger partial charge >= 0.3 is 0 Å². The monoisotopic (exact) mass is 258 g/mol. The number of piperidine rings is 1. The van der Waals surface area contributed by atoms with Crippen molar-refractivity contribution in [2.45, 2.75) is 44.7 Å². The van der Waals surface area contributed by atoms with Gasteiger partial charge in [0.25, 0.3) is 0 Å². The van der Waals surface area contributed by atoms with Gasteiger partial charge in [-0.3, -0.25) is 0 Å².